The number of nitrogens with zero attached hydrogens (tertiary/aromatic N) is 1. The van der Waals surface area contributed by atoms with Gasteiger partial charge in [0.15, 0.2) is 0 Å². The van der Waals surface area contributed by atoms with Crippen molar-refractivity contribution < 1.29 is 4.79 Å². The molecule has 0 aliphatic carbocycles. The van der Waals surface area contributed by atoms with Crippen LogP contribution in [0.15, 0.2) is 0 Å². The summed E-state index contributed by atoms with van der Waals surface area (Å²) in [5.74, 6) is 0. The molecule has 1 fully saturated rings. The Morgan fingerprint density at radius 2 is 2.40 bits per heavy atom. The number of carbonyl (C=O) groups excluding carboxylic acids is 1. The number of rotatable bonds is 2. The standard InChI is InChI=1S/C7H14NOP/c1-6-2-3-7(4-5-9)8(6)10/h5-7H,2-4,10H2,1H3. The van der Waals surface area contributed by atoms with E-state index in [0.29, 0.717) is 18.5 Å². The Balaban J connectivity index is 2.40. The maximum atomic E-state index is 10.2. The highest BCUT2D eigenvalue weighted by atomic mass is 31.0. The topological polar surface area (TPSA) is 20.3 Å². The van der Waals surface area contributed by atoms with Crippen molar-refractivity contribution in [2.45, 2.75) is 38.3 Å². The molecule has 10 heavy (non-hydrogen) atoms. The lowest BCUT2D eigenvalue weighted by Gasteiger charge is -2.20. The van der Waals surface area contributed by atoms with Crippen LogP contribution >= 0.6 is 9.39 Å². The lowest BCUT2D eigenvalue weighted by atomic mass is 10.2. The summed E-state index contributed by atoms with van der Waals surface area (Å²) in [6, 6.07) is 1.12. The summed E-state index contributed by atoms with van der Waals surface area (Å²) in [5, 5.41) is 0. The first-order valence-corrected chi connectivity index (χ1v) is 4.24. The molecule has 1 rings (SSSR count). The Bertz CT molecular complexity index is 129. The Hall–Kier alpha value is 0.0600. The van der Waals surface area contributed by atoms with E-state index in [1.807, 2.05) is 0 Å². The molecule has 58 valence electrons. The second kappa shape index (κ2) is 3.45. The minimum Gasteiger partial charge on any atom is -0.303 e. The van der Waals surface area contributed by atoms with Crippen LogP contribution in [0.2, 0.25) is 0 Å². The Labute approximate surface area is 64.2 Å². The Morgan fingerprint density at radius 3 is 2.80 bits per heavy atom. The van der Waals surface area contributed by atoms with E-state index in [-0.39, 0.29) is 0 Å². The van der Waals surface area contributed by atoms with Gasteiger partial charge in [-0.25, -0.2) is 0 Å². The monoisotopic (exact) mass is 159 g/mol. The van der Waals surface area contributed by atoms with Crippen molar-refractivity contribution in [1.82, 2.24) is 4.67 Å². The lowest BCUT2D eigenvalue weighted by molar-refractivity contribution is -0.108. The molecule has 0 aromatic heterocycles. The zero-order valence-electron chi connectivity index (χ0n) is 6.29. The third kappa shape index (κ3) is 1.56. The van der Waals surface area contributed by atoms with Gasteiger partial charge in [0, 0.05) is 18.5 Å². The SMILES string of the molecule is CC1CCC(CC=O)N1P. The first kappa shape index (κ1) is 8.16. The molecule has 3 atom stereocenters. The minimum absolute atomic E-state index is 0.484. The van der Waals surface area contributed by atoms with Crippen LogP contribution in [0, 0.1) is 0 Å². The third-order valence-corrected chi connectivity index (χ3v) is 3.15. The highest BCUT2D eigenvalue weighted by molar-refractivity contribution is 7.13. The smallest absolute Gasteiger partial charge is 0.121 e. The molecule has 0 spiro atoms. The zero-order chi connectivity index (χ0) is 7.56. The van der Waals surface area contributed by atoms with E-state index in [2.05, 4.69) is 21.0 Å². The van der Waals surface area contributed by atoms with Crippen molar-refractivity contribution in [3.05, 3.63) is 0 Å². The van der Waals surface area contributed by atoms with Gasteiger partial charge in [-0.15, -0.1) is 0 Å². The van der Waals surface area contributed by atoms with Crippen molar-refractivity contribution in [3.63, 3.8) is 0 Å². The molecular weight excluding hydrogens is 145 g/mol. The molecule has 2 nitrogen and oxygen atoms in total. The van der Waals surface area contributed by atoms with E-state index in [4.69, 9.17) is 0 Å². The van der Waals surface area contributed by atoms with Crippen LogP contribution in [-0.4, -0.2) is 23.0 Å². The van der Waals surface area contributed by atoms with Gasteiger partial charge in [0.1, 0.15) is 6.29 Å². The Kier molecular flexibility index (Phi) is 2.82. The van der Waals surface area contributed by atoms with Gasteiger partial charge in [0.25, 0.3) is 0 Å². The fourth-order valence-electron chi connectivity index (χ4n) is 1.44. The van der Waals surface area contributed by atoms with Gasteiger partial charge in [-0.3, -0.25) is 4.67 Å². The molecule has 3 unspecified atom stereocenters. The fourth-order valence-corrected chi connectivity index (χ4v) is 1.86. The van der Waals surface area contributed by atoms with Crippen LogP contribution in [0.1, 0.15) is 26.2 Å². The van der Waals surface area contributed by atoms with Gasteiger partial charge in [-0.1, -0.05) is 9.39 Å². The molecule has 0 radical (unpaired) electrons. The zero-order valence-corrected chi connectivity index (χ0v) is 7.44. The van der Waals surface area contributed by atoms with Crippen molar-refractivity contribution in [2.75, 3.05) is 0 Å². The molecule has 0 bridgehead atoms. The largest absolute Gasteiger partial charge is 0.303 e. The second-order valence-electron chi connectivity index (χ2n) is 2.93. The number of carbonyl (C=O) groups is 1. The Morgan fingerprint density at radius 1 is 1.70 bits per heavy atom. The normalized spacial score (nSPS) is 34.6. The second-order valence-corrected chi connectivity index (χ2v) is 3.53. The van der Waals surface area contributed by atoms with E-state index >= 15 is 0 Å². The van der Waals surface area contributed by atoms with E-state index < -0.39 is 0 Å². The van der Waals surface area contributed by atoms with Gasteiger partial charge >= 0.3 is 0 Å². The summed E-state index contributed by atoms with van der Waals surface area (Å²) in [5.41, 5.74) is 0. The molecule has 1 aliphatic heterocycles. The van der Waals surface area contributed by atoms with Crippen molar-refractivity contribution >= 4 is 15.7 Å². The van der Waals surface area contributed by atoms with Crippen LogP contribution in [0.4, 0.5) is 0 Å². The average molecular weight is 159 g/mol. The average Bonchev–Trinajstić information content (AvgIpc) is 2.20. The highest BCUT2D eigenvalue weighted by Crippen LogP contribution is 2.28. The van der Waals surface area contributed by atoms with Gasteiger partial charge in [0.2, 0.25) is 0 Å². The summed E-state index contributed by atoms with van der Waals surface area (Å²) >= 11 is 0. The molecule has 3 heteroatoms. The van der Waals surface area contributed by atoms with Crippen LogP contribution in [0.5, 0.6) is 0 Å². The lowest BCUT2D eigenvalue weighted by Crippen LogP contribution is -2.24. The first-order valence-electron chi connectivity index (χ1n) is 3.72. The molecule has 0 amide bonds. The maximum Gasteiger partial charge on any atom is 0.121 e. The van der Waals surface area contributed by atoms with Gasteiger partial charge in [-0.05, 0) is 19.8 Å². The van der Waals surface area contributed by atoms with E-state index in [0.717, 1.165) is 6.29 Å². The van der Waals surface area contributed by atoms with Crippen LogP contribution in [0.3, 0.4) is 0 Å². The molecule has 1 aliphatic rings. The molecule has 0 aromatic carbocycles. The number of hydrogen-bond donors (Lipinski definition) is 0. The molecule has 0 N–H and O–H groups in total. The molecule has 0 saturated carbocycles. The quantitative estimate of drug-likeness (QED) is 0.446. The molecule has 1 heterocycles. The summed E-state index contributed by atoms with van der Waals surface area (Å²) in [7, 11) is 2.70. The predicted molar refractivity (Wildman–Crippen MR) is 44.7 cm³/mol. The van der Waals surface area contributed by atoms with E-state index in [1.54, 1.807) is 0 Å². The summed E-state index contributed by atoms with van der Waals surface area (Å²) < 4.78 is 2.22. The van der Waals surface area contributed by atoms with Crippen molar-refractivity contribution in [3.8, 4) is 0 Å². The van der Waals surface area contributed by atoms with Crippen molar-refractivity contribution in [2.24, 2.45) is 0 Å². The number of aldehydes is 1. The van der Waals surface area contributed by atoms with Crippen LogP contribution in [0.25, 0.3) is 0 Å². The fraction of sp³-hybridized carbons (Fsp3) is 0.857. The van der Waals surface area contributed by atoms with E-state index in [9.17, 15) is 4.79 Å². The summed E-state index contributed by atoms with van der Waals surface area (Å²) in [6.07, 6.45) is 4.10. The van der Waals surface area contributed by atoms with Crippen LogP contribution in [-0.2, 0) is 4.79 Å². The van der Waals surface area contributed by atoms with Crippen LogP contribution < -0.4 is 0 Å². The molecular formula is C7H14NOP. The summed E-state index contributed by atoms with van der Waals surface area (Å²) in [4.78, 5) is 10.2. The highest BCUT2D eigenvalue weighted by Gasteiger charge is 2.26. The minimum atomic E-state index is 0.484. The predicted octanol–water partition coefficient (Wildman–Crippen LogP) is 1.22. The van der Waals surface area contributed by atoms with Gasteiger partial charge in [0.05, 0.1) is 0 Å². The third-order valence-electron chi connectivity index (χ3n) is 2.22. The summed E-state index contributed by atoms with van der Waals surface area (Å²) in [6.45, 7) is 2.19. The maximum absolute atomic E-state index is 10.2. The molecule has 0 aromatic rings. The van der Waals surface area contributed by atoms with E-state index in [1.165, 1.54) is 12.8 Å². The number of hydrogen-bond acceptors (Lipinski definition) is 2. The van der Waals surface area contributed by atoms with Crippen molar-refractivity contribution in [1.29, 1.82) is 0 Å². The van der Waals surface area contributed by atoms with Gasteiger partial charge < -0.3 is 4.79 Å². The van der Waals surface area contributed by atoms with Gasteiger partial charge in [-0.2, -0.15) is 0 Å². The molecule has 1 saturated heterocycles. The first-order chi connectivity index (χ1) is 4.75.